The van der Waals surface area contributed by atoms with E-state index in [1.54, 1.807) is 24.1 Å². The van der Waals surface area contributed by atoms with Crippen LogP contribution in [0.2, 0.25) is 0 Å². The number of ether oxygens (including phenoxy) is 1. The van der Waals surface area contributed by atoms with Crippen molar-refractivity contribution in [3.63, 3.8) is 0 Å². The Labute approximate surface area is 97.8 Å². The molecule has 0 bridgehead atoms. The SMILES string of the molecule is COCCNc1nccn1CCCC(F)(F)F. The number of alkyl halides is 3. The Morgan fingerprint density at radius 3 is 2.88 bits per heavy atom. The van der Waals surface area contributed by atoms with Gasteiger partial charge in [-0.25, -0.2) is 4.98 Å². The molecule has 0 aliphatic carbocycles. The predicted octanol–water partition coefficient (Wildman–Crippen LogP) is 2.28. The molecule has 17 heavy (non-hydrogen) atoms. The topological polar surface area (TPSA) is 39.1 Å². The van der Waals surface area contributed by atoms with Crippen LogP contribution in [0.1, 0.15) is 12.8 Å². The van der Waals surface area contributed by atoms with E-state index in [0.717, 1.165) is 0 Å². The van der Waals surface area contributed by atoms with Crippen molar-refractivity contribution < 1.29 is 17.9 Å². The number of aromatic nitrogens is 2. The van der Waals surface area contributed by atoms with Gasteiger partial charge in [0.05, 0.1) is 6.61 Å². The minimum absolute atomic E-state index is 0.0544. The van der Waals surface area contributed by atoms with Crippen molar-refractivity contribution in [2.24, 2.45) is 0 Å². The number of imidazole rings is 1. The number of methoxy groups -OCH3 is 1. The Bertz CT molecular complexity index is 325. The van der Waals surface area contributed by atoms with Crippen molar-refractivity contribution in [1.82, 2.24) is 9.55 Å². The molecular weight excluding hydrogens is 235 g/mol. The number of hydrogen-bond donors (Lipinski definition) is 1. The average Bonchev–Trinajstić information content (AvgIpc) is 2.64. The van der Waals surface area contributed by atoms with Crippen LogP contribution < -0.4 is 5.32 Å². The van der Waals surface area contributed by atoms with Gasteiger partial charge < -0.3 is 14.6 Å². The second kappa shape index (κ2) is 6.48. The normalized spacial score (nSPS) is 11.8. The third kappa shape index (κ3) is 5.58. The van der Waals surface area contributed by atoms with Crippen LogP contribution in [0.3, 0.4) is 0 Å². The fraction of sp³-hybridized carbons (Fsp3) is 0.700. The summed E-state index contributed by atoms with van der Waals surface area (Å²) in [5.41, 5.74) is 0. The smallest absolute Gasteiger partial charge is 0.383 e. The molecule has 0 aliphatic rings. The maximum Gasteiger partial charge on any atom is 0.389 e. The number of nitrogens with one attached hydrogen (secondary N) is 1. The van der Waals surface area contributed by atoms with E-state index in [-0.39, 0.29) is 6.42 Å². The molecule has 7 heteroatoms. The third-order valence-electron chi connectivity index (χ3n) is 2.16. The number of anilines is 1. The van der Waals surface area contributed by atoms with E-state index in [9.17, 15) is 13.2 Å². The zero-order valence-corrected chi connectivity index (χ0v) is 9.63. The van der Waals surface area contributed by atoms with Crippen molar-refractivity contribution in [3.8, 4) is 0 Å². The lowest BCUT2D eigenvalue weighted by molar-refractivity contribution is -0.135. The molecule has 0 saturated carbocycles. The summed E-state index contributed by atoms with van der Waals surface area (Å²) in [6.45, 7) is 1.40. The van der Waals surface area contributed by atoms with Gasteiger partial charge in [0.1, 0.15) is 0 Å². The summed E-state index contributed by atoms with van der Waals surface area (Å²) in [5, 5.41) is 2.99. The fourth-order valence-corrected chi connectivity index (χ4v) is 1.37. The molecule has 0 unspecified atom stereocenters. The van der Waals surface area contributed by atoms with E-state index in [1.807, 2.05) is 0 Å². The summed E-state index contributed by atoms with van der Waals surface area (Å²) in [7, 11) is 1.58. The summed E-state index contributed by atoms with van der Waals surface area (Å²) < 4.78 is 42.5. The molecule has 0 amide bonds. The number of nitrogens with zero attached hydrogens (tertiary/aromatic N) is 2. The highest BCUT2D eigenvalue weighted by molar-refractivity contribution is 5.25. The monoisotopic (exact) mass is 251 g/mol. The van der Waals surface area contributed by atoms with Crippen LogP contribution in [-0.4, -0.2) is 36.0 Å². The van der Waals surface area contributed by atoms with Gasteiger partial charge in [0.2, 0.25) is 5.95 Å². The Morgan fingerprint density at radius 1 is 1.47 bits per heavy atom. The summed E-state index contributed by atoms with van der Waals surface area (Å²) in [4.78, 5) is 4.02. The molecule has 1 aromatic rings. The molecule has 0 saturated heterocycles. The molecule has 1 N–H and O–H groups in total. The lowest BCUT2D eigenvalue weighted by Gasteiger charge is -2.10. The van der Waals surface area contributed by atoms with Crippen LogP contribution in [0.15, 0.2) is 12.4 Å². The summed E-state index contributed by atoms with van der Waals surface area (Å²) in [6, 6.07) is 0. The van der Waals surface area contributed by atoms with Crippen molar-refractivity contribution in [3.05, 3.63) is 12.4 Å². The first kappa shape index (κ1) is 13.8. The Balaban J connectivity index is 2.35. The van der Waals surface area contributed by atoms with Crippen LogP contribution in [0.25, 0.3) is 0 Å². The van der Waals surface area contributed by atoms with Crippen LogP contribution in [0, 0.1) is 0 Å². The van der Waals surface area contributed by atoms with E-state index in [1.165, 1.54) is 0 Å². The van der Waals surface area contributed by atoms with Gasteiger partial charge in [-0.15, -0.1) is 0 Å². The Morgan fingerprint density at radius 2 is 2.24 bits per heavy atom. The van der Waals surface area contributed by atoms with Crippen molar-refractivity contribution >= 4 is 5.95 Å². The fourth-order valence-electron chi connectivity index (χ4n) is 1.37. The first-order valence-electron chi connectivity index (χ1n) is 5.33. The first-order valence-corrected chi connectivity index (χ1v) is 5.33. The second-order valence-electron chi connectivity index (χ2n) is 3.58. The van der Waals surface area contributed by atoms with Gasteiger partial charge >= 0.3 is 6.18 Å². The molecule has 0 spiro atoms. The second-order valence-corrected chi connectivity index (χ2v) is 3.58. The molecule has 0 fully saturated rings. The van der Waals surface area contributed by atoms with E-state index < -0.39 is 12.6 Å². The van der Waals surface area contributed by atoms with Gasteiger partial charge in [-0.1, -0.05) is 0 Å². The third-order valence-corrected chi connectivity index (χ3v) is 2.16. The van der Waals surface area contributed by atoms with Gasteiger partial charge in [0.15, 0.2) is 0 Å². The van der Waals surface area contributed by atoms with Crippen LogP contribution in [-0.2, 0) is 11.3 Å². The predicted molar refractivity (Wildman–Crippen MR) is 57.9 cm³/mol. The molecule has 0 aromatic carbocycles. The average molecular weight is 251 g/mol. The largest absolute Gasteiger partial charge is 0.389 e. The summed E-state index contributed by atoms with van der Waals surface area (Å²) >= 11 is 0. The molecular formula is C10H16F3N3O. The van der Waals surface area contributed by atoms with Gasteiger partial charge in [-0.3, -0.25) is 0 Å². The van der Waals surface area contributed by atoms with Crippen molar-refractivity contribution in [2.45, 2.75) is 25.6 Å². The zero-order chi connectivity index (χ0) is 12.7. The van der Waals surface area contributed by atoms with Crippen molar-refractivity contribution in [1.29, 1.82) is 0 Å². The maximum absolute atomic E-state index is 12.0. The molecule has 1 aromatic heterocycles. The standard InChI is InChI=1S/C10H16F3N3O/c1-17-8-5-15-9-14-4-7-16(9)6-2-3-10(11,12)13/h4,7H,2-3,5-6,8H2,1H3,(H,14,15). The van der Waals surface area contributed by atoms with E-state index in [2.05, 4.69) is 10.3 Å². The highest BCUT2D eigenvalue weighted by Gasteiger charge is 2.26. The molecule has 98 valence electrons. The number of rotatable bonds is 7. The number of aryl methyl sites for hydroxylation is 1. The molecule has 1 rings (SSSR count). The zero-order valence-electron chi connectivity index (χ0n) is 9.63. The molecule has 0 aliphatic heterocycles. The minimum Gasteiger partial charge on any atom is -0.383 e. The van der Waals surface area contributed by atoms with E-state index in [4.69, 9.17) is 4.74 Å². The van der Waals surface area contributed by atoms with Gasteiger partial charge in [-0.05, 0) is 6.42 Å². The van der Waals surface area contributed by atoms with E-state index >= 15 is 0 Å². The number of hydrogen-bond acceptors (Lipinski definition) is 3. The van der Waals surface area contributed by atoms with Gasteiger partial charge in [0.25, 0.3) is 0 Å². The van der Waals surface area contributed by atoms with Gasteiger partial charge in [0, 0.05) is 39.0 Å². The van der Waals surface area contributed by atoms with E-state index in [0.29, 0.717) is 25.6 Å². The highest BCUT2D eigenvalue weighted by Crippen LogP contribution is 2.22. The lowest BCUT2D eigenvalue weighted by Crippen LogP contribution is -2.14. The lowest BCUT2D eigenvalue weighted by atomic mass is 10.3. The maximum atomic E-state index is 12.0. The quantitative estimate of drug-likeness (QED) is 0.756. The molecule has 1 heterocycles. The summed E-state index contributed by atoms with van der Waals surface area (Å²) in [6.07, 6.45) is -1.60. The molecule has 4 nitrogen and oxygen atoms in total. The van der Waals surface area contributed by atoms with Crippen LogP contribution in [0.5, 0.6) is 0 Å². The summed E-state index contributed by atoms with van der Waals surface area (Å²) in [5.74, 6) is 0.573. The van der Waals surface area contributed by atoms with Gasteiger partial charge in [-0.2, -0.15) is 13.2 Å². The minimum atomic E-state index is -4.09. The highest BCUT2D eigenvalue weighted by atomic mass is 19.4. The molecule has 0 atom stereocenters. The first-order chi connectivity index (χ1) is 8.03. The van der Waals surface area contributed by atoms with Crippen LogP contribution >= 0.6 is 0 Å². The number of halogens is 3. The Hall–Kier alpha value is -1.24. The van der Waals surface area contributed by atoms with Crippen LogP contribution in [0.4, 0.5) is 19.1 Å². The molecule has 0 radical (unpaired) electrons. The van der Waals surface area contributed by atoms with Crippen molar-refractivity contribution in [2.75, 3.05) is 25.6 Å². The Kier molecular flexibility index (Phi) is 5.27.